The van der Waals surface area contributed by atoms with Crippen LogP contribution in [-0.2, 0) is 11.2 Å². The van der Waals surface area contributed by atoms with E-state index < -0.39 is 17.5 Å². The zero-order chi connectivity index (χ0) is 11.9. The summed E-state index contributed by atoms with van der Waals surface area (Å²) in [6, 6.07) is 4.56. The highest BCUT2D eigenvalue weighted by atomic mass is 79.9. The van der Waals surface area contributed by atoms with Crippen LogP contribution >= 0.6 is 15.9 Å². The number of allylic oxidation sites excluding steroid dienone is 2. The summed E-state index contributed by atoms with van der Waals surface area (Å²) in [6.07, 6.45) is -3.79. The number of benzene rings is 1. The average molecular weight is 291 g/mol. The van der Waals surface area contributed by atoms with Gasteiger partial charge in [-0.3, -0.25) is 4.79 Å². The standard InChI is InChI=1S/C11H6BrF3O/c12-7-2-1-6-3-8(16)5-10(9(6)4-7)11(13,14)15/h1-2,4-5H,3H2. The Morgan fingerprint density at radius 1 is 1.25 bits per heavy atom. The van der Waals surface area contributed by atoms with Gasteiger partial charge in [-0.2, -0.15) is 13.2 Å². The molecule has 0 aliphatic heterocycles. The van der Waals surface area contributed by atoms with E-state index in [2.05, 4.69) is 15.9 Å². The molecular weight excluding hydrogens is 285 g/mol. The van der Waals surface area contributed by atoms with Crippen molar-refractivity contribution < 1.29 is 18.0 Å². The summed E-state index contributed by atoms with van der Waals surface area (Å²) in [6.45, 7) is 0. The zero-order valence-electron chi connectivity index (χ0n) is 7.94. The van der Waals surface area contributed by atoms with Gasteiger partial charge < -0.3 is 0 Å². The first-order chi connectivity index (χ1) is 7.38. The molecule has 1 aliphatic carbocycles. The van der Waals surface area contributed by atoms with Crippen molar-refractivity contribution in [2.75, 3.05) is 0 Å². The van der Waals surface area contributed by atoms with Crippen LogP contribution in [0.2, 0.25) is 0 Å². The third-order valence-corrected chi connectivity index (χ3v) is 2.83. The van der Waals surface area contributed by atoms with E-state index >= 15 is 0 Å². The van der Waals surface area contributed by atoms with Crippen LogP contribution in [0.5, 0.6) is 0 Å². The van der Waals surface area contributed by atoms with Gasteiger partial charge in [0, 0.05) is 10.9 Å². The fourth-order valence-corrected chi connectivity index (χ4v) is 2.03. The average Bonchev–Trinajstić information content (AvgIpc) is 2.16. The first-order valence-electron chi connectivity index (χ1n) is 4.48. The molecule has 0 aromatic heterocycles. The second-order valence-electron chi connectivity index (χ2n) is 3.50. The molecule has 0 unspecified atom stereocenters. The van der Waals surface area contributed by atoms with Crippen molar-refractivity contribution in [2.45, 2.75) is 12.6 Å². The Kier molecular flexibility index (Phi) is 2.66. The maximum Gasteiger partial charge on any atom is 0.417 e. The van der Waals surface area contributed by atoms with Crippen molar-refractivity contribution in [1.29, 1.82) is 0 Å². The van der Waals surface area contributed by atoms with Crippen LogP contribution in [-0.4, -0.2) is 12.0 Å². The summed E-state index contributed by atoms with van der Waals surface area (Å²) < 4.78 is 38.6. The minimum Gasteiger partial charge on any atom is -0.294 e. The van der Waals surface area contributed by atoms with Gasteiger partial charge in [-0.25, -0.2) is 0 Å². The van der Waals surface area contributed by atoms with Crippen LogP contribution in [0, 0.1) is 0 Å². The van der Waals surface area contributed by atoms with E-state index in [1.807, 2.05) is 0 Å². The number of hydrogen-bond acceptors (Lipinski definition) is 1. The van der Waals surface area contributed by atoms with Gasteiger partial charge in [-0.1, -0.05) is 22.0 Å². The second-order valence-corrected chi connectivity index (χ2v) is 4.42. The van der Waals surface area contributed by atoms with Gasteiger partial charge in [-0.15, -0.1) is 0 Å². The maximum absolute atomic E-state index is 12.7. The van der Waals surface area contributed by atoms with Crippen molar-refractivity contribution in [3.8, 4) is 0 Å². The number of fused-ring (bicyclic) bond motifs is 1. The van der Waals surface area contributed by atoms with E-state index in [9.17, 15) is 18.0 Å². The van der Waals surface area contributed by atoms with Gasteiger partial charge in [-0.05, 0) is 29.3 Å². The molecule has 1 aromatic rings. The van der Waals surface area contributed by atoms with Crippen LogP contribution in [0.25, 0.3) is 5.57 Å². The van der Waals surface area contributed by atoms with Gasteiger partial charge in [0.15, 0.2) is 5.78 Å². The molecule has 5 heteroatoms. The fraction of sp³-hybridized carbons (Fsp3) is 0.182. The molecule has 1 aliphatic rings. The summed E-state index contributed by atoms with van der Waals surface area (Å²) in [7, 11) is 0. The summed E-state index contributed by atoms with van der Waals surface area (Å²) in [5.41, 5.74) is -0.357. The van der Waals surface area contributed by atoms with E-state index in [-0.39, 0.29) is 12.0 Å². The number of ketones is 1. The summed E-state index contributed by atoms with van der Waals surface area (Å²) >= 11 is 3.12. The van der Waals surface area contributed by atoms with Crippen molar-refractivity contribution in [3.05, 3.63) is 39.9 Å². The number of carbonyl (C=O) groups is 1. The van der Waals surface area contributed by atoms with Crippen LogP contribution in [0.4, 0.5) is 13.2 Å². The van der Waals surface area contributed by atoms with Gasteiger partial charge in [0.25, 0.3) is 0 Å². The lowest BCUT2D eigenvalue weighted by molar-refractivity contribution is -0.114. The lowest BCUT2D eigenvalue weighted by atomic mass is 9.90. The highest BCUT2D eigenvalue weighted by Gasteiger charge is 2.38. The lowest BCUT2D eigenvalue weighted by Crippen LogP contribution is -2.19. The molecule has 16 heavy (non-hydrogen) atoms. The molecule has 0 heterocycles. The third kappa shape index (κ3) is 2.04. The fourth-order valence-electron chi connectivity index (χ4n) is 1.67. The normalized spacial score (nSPS) is 15.8. The van der Waals surface area contributed by atoms with Gasteiger partial charge in [0.2, 0.25) is 0 Å². The number of carbonyl (C=O) groups excluding carboxylic acids is 1. The van der Waals surface area contributed by atoms with Gasteiger partial charge in [0.05, 0.1) is 5.57 Å². The first-order valence-corrected chi connectivity index (χ1v) is 5.28. The Balaban J connectivity index is 2.62. The van der Waals surface area contributed by atoms with Crippen molar-refractivity contribution in [1.82, 2.24) is 0 Å². The molecule has 0 radical (unpaired) electrons. The number of halogens is 4. The van der Waals surface area contributed by atoms with Gasteiger partial charge in [0.1, 0.15) is 0 Å². The second kappa shape index (κ2) is 3.73. The Morgan fingerprint density at radius 2 is 1.94 bits per heavy atom. The van der Waals surface area contributed by atoms with Crippen molar-refractivity contribution in [3.63, 3.8) is 0 Å². The van der Waals surface area contributed by atoms with Crippen molar-refractivity contribution in [2.24, 2.45) is 0 Å². The van der Waals surface area contributed by atoms with E-state index in [1.54, 1.807) is 6.07 Å². The molecule has 0 amide bonds. The molecule has 0 saturated carbocycles. The van der Waals surface area contributed by atoms with E-state index in [1.165, 1.54) is 12.1 Å². The Bertz CT molecular complexity index is 488. The Morgan fingerprint density at radius 3 is 2.56 bits per heavy atom. The predicted molar refractivity (Wildman–Crippen MR) is 56.9 cm³/mol. The van der Waals surface area contributed by atoms with E-state index in [0.717, 1.165) is 0 Å². The van der Waals surface area contributed by atoms with Crippen LogP contribution in [0.15, 0.2) is 28.7 Å². The van der Waals surface area contributed by atoms with Crippen molar-refractivity contribution >= 4 is 27.3 Å². The Labute approximate surface area is 98.1 Å². The molecule has 2 rings (SSSR count). The Hall–Kier alpha value is -1.10. The topological polar surface area (TPSA) is 17.1 Å². The SMILES string of the molecule is O=C1C=C(C(F)(F)F)c2cc(Br)ccc2C1. The van der Waals surface area contributed by atoms with E-state index in [0.29, 0.717) is 16.1 Å². The molecule has 0 saturated heterocycles. The number of alkyl halides is 3. The maximum atomic E-state index is 12.7. The predicted octanol–water partition coefficient (Wildman–Crippen LogP) is 3.52. The quantitative estimate of drug-likeness (QED) is 0.714. The third-order valence-electron chi connectivity index (χ3n) is 2.34. The van der Waals surface area contributed by atoms with Crippen LogP contribution < -0.4 is 0 Å². The monoisotopic (exact) mass is 290 g/mol. The molecule has 0 spiro atoms. The lowest BCUT2D eigenvalue weighted by Gasteiger charge is -2.19. The number of rotatable bonds is 0. The largest absolute Gasteiger partial charge is 0.417 e. The summed E-state index contributed by atoms with van der Waals surface area (Å²) in [4.78, 5) is 11.2. The molecule has 84 valence electrons. The first kappa shape index (κ1) is 11.4. The highest BCUT2D eigenvalue weighted by molar-refractivity contribution is 9.10. The highest BCUT2D eigenvalue weighted by Crippen LogP contribution is 2.38. The van der Waals surface area contributed by atoms with Gasteiger partial charge >= 0.3 is 6.18 Å². The van der Waals surface area contributed by atoms with Crippen LogP contribution in [0.1, 0.15) is 11.1 Å². The molecular formula is C11H6BrF3O. The molecule has 0 N–H and O–H groups in total. The molecule has 0 atom stereocenters. The summed E-state index contributed by atoms with van der Waals surface area (Å²) in [5, 5.41) is 0. The molecule has 1 aromatic carbocycles. The zero-order valence-corrected chi connectivity index (χ0v) is 9.52. The number of hydrogen-bond donors (Lipinski definition) is 0. The smallest absolute Gasteiger partial charge is 0.294 e. The summed E-state index contributed by atoms with van der Waals surface area (Å²) in [5.74, 6) is -0.512. The minimum absolute atomic E-state index is 0.0300. The van der Waals surface area contributed by atoms with Crippen LogP contribution in [0.3, 0.4) is 0 Å². The minimum atomic E-state index is -4.49. The molecule has 0 fully saturated rings. The molecule has 0 bridgehead atoms. The van der Waals surface area contributed by atoms with E-state index in [4.69, 9.17) is 0 Å². The molecule has 1 nitrogen and oxygen atoms in total.